The van der Waals surface area contributed by atoms with Crippen LogP contribution in [0.4, 0.5) is 19.0 Å². The van der Waals surface area contributed by atoms with E-state index in [4.69, 9.17) is 10.5 Å². The minimum atomic E-state index is -4.57. The number of anilines is 1. The Labute approximate surface area is 162 Å². The molecule has 3 aromatic rings. The van der Waals surface area contributed by atoms with Gasteiger partial charge in [-0.25, -0.2) is 9.97 Å². The minimum Gasteiger partial charge on any atom is -0.383 e. The predicted molar refractivity (Wildman–Crippen MR) is 95.3 cm³/mol. The number of carbonyl (C=O) groups excluding carboxylic acids is 1. The summed E-state index contributed by atoms with van der Waals surface area (Å²) in [6.07, 6.45) is -3.10. The standard InChI is InChI=1S/C18H15F3N6O2/c1-27(6-9-2-3-15(26-25-9)18(19,20)21)17(28)13-4-10-11-7-29-8-12(11)16(22)24-14(10)5-23-13/h2-5H,6-8H2,1H3,(H2,22,24). The average molecular weight is 404 g/mol. The number of alkyl halides is 3. The lowest BCUT2D eigenvalue weighted by atomic mass is 10.1. The second kappa shape index (κ2) is 6.92. The molecular formula is C18H15F3N6O2. The van der Waals surface area contributed by atoms with Crippen LogP contribution in [0.2, 0.25) is 0 Å². The summed E-state index contributed by atoms with van der Waals surface area (Å²) >= 11 is 0. The van der Waals surface area contributed by atoms with E-state index in [1.807, 2.05) is 0 Å². The Bertz CT molecular complexity index is 1100. The van der Waals surface area contributed by atoms with Gasteiger partial charge in [-0.2, -0.15) is 18.3 Å². The largest absolute Gasteiger partial charge is 0.435 e. The Hall–Kier alpha value is -3.34. The van der Waals surface area contributed by atoms with E-state index in [0.29, 0.717) is 24.5 Å². The molecular weight excluding hydrogens is 389 g/mol. The smallest absolute Gasteiger partial charge is 0.383 e. The van der Waals surface area contributed by atoms with Crippen LogP contribution < -0.4 is 5.73 Å². The van der Waals surface area contributed by atoms with Gasteiger partial charge < -0.3 is 15.4 Å². The Morgan fingerprint density at radius 1 is 1.24 bits per heavy atom. The van der Waals surface area contributed by atoms with Crippen molar-refractivity contribution >= 4 is 22.6 Å². The molecule has 0 saturated heterocycles. The summed E-state index contributed by atoms with van der Waals surface area (Å²) in [5.74, 6) is -0.0399. The van der Waals surface area contributed by atoms with Gasteiger partial charge in [0.25, 0.3) is 5.91 Å². The van der Waals surface area contributed by atoms with Gasteiger partial charge in [-0.1, -0.05) is 0 Å². The molecule has 0 aromatic carbocycles. The number of carbonyl (C=O) groups is 1. The van der Waals surface area contributed by atoms with Crippen molar-refractivity contribution in [3.63, 3.8) is 0 Å². The highest BCUT2D eigenvalue weighted by Gasteiger charge is 2.33. The molecule has 0 spiro atoms. The van der Waals surface area contributed by atoms with Crippen molar-refractivity contribution in [2.24, 2.45) is 0 Å². The fourth-order valence-corrected chi connectivity index (χ4v) is 3.10. The number of aromatic nitrogens is 4. The average Bonchev–Trinajstić information content (AvgIpc) is 3.18. The topological polar surface area (TPSA) is 107 Å². The second-order valence-electron chi connectivity index (χ2n) is 6.60. The highest BCUT2D eigenvalue weighted by atomic mass is 19.4. The number of nitrogen functional groups attached to an aromatic ring is 1. The maximum atomic E-state index is 12.7. The van der Waals surface area contributed by atoms with Crippen molar-refractivity contribution in [2.75, 3.05) is 12.8 Å². The summed E-state index contributed by atoms with van der Waals surface area (Å²) in [6, 6.07) is 3.63. The first-order valence-electron chi connectivity index (χ1n) is 8.54. The number of rotatable bonds is 3. The number of halogens is 3. The molecule has 0 saturated carbocycles. The molecule has 4 rings (SSSR count). The van der Waals surface area contributed by atoms with Gasteiger partial charge in [0.15, 0.2) is 5.69 Å². The van der Waals surface area contributed by atoms with Crippen molar-refractivity contribution < 1.29 is 22.7 Å². The fourth-order valence-electron chi connectivity index (χ4n) is 3.10. The van der Waals surface area contributed by atoms with E-state index in [-0.39, 0.29) is 17.9 Å². The quantitative estimate of drug-likeness (QED) is 0.714. The van der Waals surface area contributed by atoms with Gasteiger partial charge in [-0.15, -0.1) is 5.10 Å². The van der Waals surface area contributed by atoms with Crippen molar-refractivity contribution in [1.82, 2.24) is 25.1 Å². The number of nitrogens with zero attached hydrogens (tertiary/aromatic N) is 5. The van der Waals surface area contributed by atoms with E-state index >= 15 is 0 Å². The minimum absolute atomic E-state index is 0.0229. The molecule has 0 aliphatic carbocycles. The molecule has 4 heterocycles. The normalized spacial score (nSPS) is 13.5. The zero-order chi connectivity index (χ0) is 20.8. The molecule has 11 heteroatoms. The first-order valence-corrected chi connectivity index (χ1v) is 8.54. The van der Waals surface area contributed by atoms with Gasteiger partial charge in [0, 0.05) is 18.0 Å². The monoisotopic (exact) mass is 404 g/mol. The van der Waals surface area contributed by atoms with E-state index in [1.165, 1.54) is 24.2 Å². The van der Waals surface area contributed by atoms with Crippen LogP contribution in [0.15, 0.2) is 24.4 Å². The molecule has 0 radical (unpaired) electrons. The first-order chi connectivity index (χ1) is 13.7. The number of pyridine rings is 2. The van der Waals surface area contributed by atoms with Crippen molar-refractivity contribution in [2.45, 2.75) is 25.9 Å². The van der Waals surface area contributed by atoms with Gasteiger partial charge in [0.1, 0.15) is 11.5 Å². The molecule has 1 amide bonds. The number of amides is 1. The van der Waals surface area contributed by atoms with Gasteiger partial charge in [0.05, 0.1) is 37.2 Å². The molecule has 1 aliphatic heterocycles. The summed E-state index contributed by atoms with van der Waals surface area (Å²) < 4.78 is 43.2. The number of ether oxygens (including phenoxy) is 1. The Morgan fingerprint density at radius 2 is 2.00 bits per heavy atom. The van der Waals surface area contributed by atoms with E-state index in [1.54, 1.807) is 6.07 Å². The third-order valence-electron chi connectivity index (χ3n) is 4.59. The number of fused-ring (bicyclic) bond motifs is 3. The molecule has 0 atom stereocenters. The van der Waals surface area contributed by atoms with Crippen LogP contribution in [0.25, 0.3) is 10.9 Å². The molecule has 8 nitrogen and oxygen atoms in total. The van der Waals surface area contributed by atoms with Crippen LogP contribution in [0.1, 0.15) is 33.0 Å². The molecule has 0 unspecified atom stereocenters. The lowest BCUT2D eigenvalue weighted by Gasteiger charge is -2.17. The summed E-state index contributed by atoms with van der Waals surface area (Å²) in [4.78, 5) is 22.5. The lowest BCUT2D eigenvalue weighted by Crippen LogP contribution is -2.27. The van der Waals surface area contributed by atoms with Crippen molar-refractivity contribution in [3.8, 4) is 0 Å². The molecule has 3 aromatic heterocycles. The maximum absolute atomic E-state index is 12.7. The number of hydrogen-bond acceptors (Lipinski definition) is 7. The third kappa shape index (κ3) is 3.56. The molecule has 1 aliphatic rings. The predicted octanol–water partition coefficient (Wildman–Crippen LogP) is 2.32. The zero-order valence-electron chi connectivity index (χ0n) is 15.2. The van der Waals surface area contributed by atoms with E-state index in [2.05, 4.69) is 20.2 Å². The maximum Gasteiger partial charge on any atom is 0.435 e. The van der Waals surface area contributed by atoms with E-state index in [0.717, 1.165) is 22.6 Å². The molecule has 2 N–H and O–H groups in total. The Morgan fingerprint density at radius 3 is 2.69 bits per heavy atom. The SMILES string of the molecule is CN(Cc1ccc(C(F)(F)F)nn1)C(=O)c1cc2c3c(c(N)nc2cn1)COC3. The van der Waals surface area contributed by atoms with Crippen LogP contribution in [0.3, 0.4) is 0 Å². The number of nitrogens with two attached hydrogens (primary N) is 1. The van der Waals surface area contributed by atoms with E-state index < -0.39 is 17.8 Å². The second-order valence-corrected chi connectivity index (χ2v) is 6.60. The van der Waals surface area contributed by atoms with Gasteiger partial charge >= 0.3 is 6.18 Å². The Balaban J connectivity index is 1.57. The Kier molecular flexibility index (Phi) is 4.53. The summed E-state index contributed by atoms with van der Waals surface area (Å²) in [5, 5.41) is 7.43. The van der Waals surface area contributed by atoms with E-state index in [9.17, 15) is 18.0 Å². The molecule has 0 bridgehead atoms. The van der Waals surface area contributed by atoms with Crippen LogP contribution in [0, 0.1) is 0 Å². The first kappa shape index (κ1) is 19.0. The van der Waals surface area contributed by atoms with Crippen molar-refractivity contribution in [3.05, 3.63) is 52.6 Å². The van der Waals surface area contributed by atoms with Gasteiger partial charge in [-0.05, 0) is 23.8 Å². The molecule has 0 fully saturated rings. The molecule has 29 heavy (non-hydrogen) atoms. The van der Waals surface area contributed by atoms with Crippen LogP contribution in [0.5, 0.6) is 0 Å². The van der Waals surface area contributed by atoms with Crippen LogP contribution >= 0.6 is 0 Å². The summed E-state index contributed by atoms with van der Waals surface area (Å²) in [5.41, 5.74) is 7.46. The zero-order valence-corrected chi connectivity index (χ0v) is 15.2. The lowest BCUT2D eigenvalue weighted by molar-refractivity contribution is -0.141. The highest BCUT2D eigenvalue weighted by Crippen LogP contribution is 2.31. The third-order valence-corrected chi connectivity index (χ3v) is 4.59. The van der Waals surface area contributed by atoms with Gasteiger partial charge in [0.2, 0.25) is 0 Å². The molecule has 150 valence electrons. The summed E-state index contributed by atoms with van der Waals surface area (Å²) in [6.45, 7) is 0.709. The van der Waals surface area contributed by atoms with Crippen LogP contribution in [-0.2, 0) is 30.7 Å². The number of hydrogen-bond donors (Lipinski definition) is 1. The van der Waals surface area contributed by atoms with Gasteiger partial charge in [-0.3, -0.25) is 4.79 Å². The fraction of sp³-hybridized carbons (Fsp3) is 0.278. The summed E-state index contributed by atoms with van der Waals surface area (Å²) in [7, 11) is 1.50. The highest BCUT2D eigenvalue weighted by molar-refractivity contribution is 5.97. The van der Waals surface area contributed by atoms with Crippen molar-refractivity contribution in [1.29, 1.82) is 0 Å². The van der Waals surface area contributed by atoms with Crippen LogP contribution in [-0.4, -0.2) is 38.0 Å².